The lowest BCUT2D eigenvalue weighted by Crippen LogP contribution is -2.58. The van der Waals surface area contributed by atoms with Crippen LogP contribution in [-0.2, 0) is 32.1 Å². The Labute approximate surface area is 218 Å². The van der Waals surface area contributed by atoms with Gasteiger partial charge in [-0.2, -0.15) is 0 Å². The van der Waals surface area contributed by atoms with Gasteiger partial charge >= 0.3 is 0 Å². The number of aliphatic hydroxyl groups is 1. The van der Waals surface area contributed by atoms with Gasteiger partial charge < -0.3 is 25.8 Å². The summed E-state index contributed by atoms with van der Waals surface area (Å²) in [5, 5.41) is 21.0. The van der Waals surface area contributed by atoms with E-state index in [4.69, 9.17) is 4.74 Å². The molecule has 4 N–H and O–H groups in total. The molecule has 9 nitrogen and oxygen atoms in total. The molecule has 12 heteroatoms. The van der Waals surface area contributed by atoms with Gasteiger partial charge in [0.15, 0.2) is 6.10 Å². The molecule has 0 saturated heterocycles. The second-order valence-electron chi connectivity index (χ2n) is 9.06. The van der Waals surface area contributed by atoms with Crippen LogP contribution in [0, 0.1) is 5.92 Å². The number of carbonyl (C=O) groups is 3. The molecule has 1 aromatic heterocycles. The van der Waals surface area contributed by atoms with E-state index in [1.54, 1.807) is 35.8 Å². The average Bonchev–Trinajstić information content (AvgIpc) is 3.40. The smallest absolute Gasteiger partial charge is 0.251 e. The molecule has 2 aromatic rings. The number of amides is 3. The van der Waals surface area contributed by atoms with Gasteiger partial charge in [-0.15, -0.1) is 11.3 Å². The summed E-state index contributed by atoms with van der Waals surface area (Å²) in [6.07, 6.45) is -0.205. The molecule has 1 aliphatic rings. The summed E-state index contributed by atoms with van der Waals surface area (Å²) in [6.45, 7) is -0.0982. The Morgan fingerprint density at radius 1 is 1.22 bits per heavy atom. The lowest BCUT2D eigenvalue weighted by Gasteiger charge is -2.30. The van der Waals surface area contributed by atoms with Crippen molar-refractivity contribution >= 4 is 29.1 Å². The molecule has 3 amide bonds. The summed E-state index contributed by atoms with van der Waals surface area (Å²) in [7, 11) is 1.34. The molecule has 3 rings (SSSR count). The molecule has 0 aliphatic heterocycles. The first kappa shape index (κ1) is 28.6. The number of hydrogen-bond acceptors (Lipinski definition) is 7. The zero-order valence-corrected chi connectivity index (χ0v) is 21.3. The number of ether oxygens (including phenoxy) is 1. The zero-order chi connectivity index (χ0) is 26.8. The second kappa shape index (κ2) is 13.5. The molecule has 1 unspecified atom stereocenters. The topological polar surface area (TPSA) is 130 Å². The average molecular weight is 539 g/mol. The highest BCUT2D eigenvalue weighted by Crippen LogP contribution is 2.36. The van der Waals surface area contributed by atoms with Gasteiger partial charge in [0.05, 0.1) is 19.2 Å². The third-order valence-corrected chi connectivity index (χ3v) is 6.93. The largest absolute Gasteiger partial charge is 0.382 e. The maximum Gasteiger partial charge on any atom is 0.251 e. The van der Waals surface area contributed by atoms with Gasteiger partial charge in [0, 0.05) is 37.4 Å². The van der Waals surface area contributed by atoms with Crippen molar-refractivity contribution in [2.24, 2.45) is 5.92 Å². The summed E-state index contributed by atoms with van der Waals surface area (Å²) in [6, 6.07) is 6.73. The molecular weight excluding hydrogens is 506 g/mol. The van der Waals surface area contributed by atoms with Crippen LogP contribution in [0.2, 0.25) is 0 Å². The van der Waals surface area contributed by atoms with E-state index in [1.807, 2.05) is 6.07 Å². The van der Waals surface area contributed by atoms with Crippen molar-refractivity contribution in [2.45, 2.75) is 62.8 Å². The van der Waals surface area contributed by atoms with Gasteiger partial charge in [-0.1, -0.05) is 30.3 Å². The number of alkyl halides is 2. The van der Waals surface area contributed by atoms with Crippen molar-refractivity contribution in [3.63, 3.8) is 0 Å². The monoisotopic (exact) mass is 538 g/mol. The zero-order valence-electron chi connectivity index (χ0n) is 20.5. The molecular formula is C25H32F2N4O5S. The lowest BCUT2D eigenvalue weighted by atomic mass is 9.86. The highest BCUT2D eigenvalue weighted by Gasteiger charge is 2.40. The number of hydrogen-bond donors (Lipinski definition) is 4. The number of aliphatic hydroxyl groups excluding tert-OH is 1. The van der Waals surface area contributed by atoms with Gasteiger partial charge in [-0.25, -0.2) is 13.8 Å². The number of methoxy groups -OCH3 is 1. The van der Waals surface area contributed by atoms with E-state index in [0.29, 0.717) is 11.4 Å². The molecule has 4 atom stereocenters. The van der Waals surface area contributed by atoms with Crippen LogP contribution in [0.1, 0.15) is 36.3 Å². The Hall–Kier alpha value is -2.96. The third-order valence-electron chi connectivity index (χ3n) is 6.15. The highest BCUT2D eigenvalue weighted by atomic mass is 32.1. The maximum atomic E-state index is 13.8. The number of aromatic nitrogens is 1. The number of halogens is 2. The summed E-state index contributed by atoms with van der Waals surface area (Å²) in [5.41, 5.74) is 0.760. The molecule has 1 fully saturated rings. The number of benzene rings is 1. The fraction of sp³-hybridized carbons (Fsp3) is 0.520. The predicted molar refractivity (Wildman–Crippen MR) is 133 cm³/mol. The molecule has 0 radical (unpaired) electrons. The summed E-state index contributed by atoms with van der Waals surface area (Å²) in [4.78, 5) is 42.6. The summed E-state index contributed by atoms with van der Waals surface area (Å²) in [5.74, 6) is -5.90. The van der Waals surface area contributed by atoms with Crippen molar-refractivity contribution in [1.29, 1.82) is 0 Å². The molecule has 0 bridgehead atoms. The van der Waals surface area contributed by atoms with E-state index in [0.717, 1.165) is 5.56 Å². The van der Waals surface area contributed by atoms with Crippen LogP contribution in [0.15, 0.2) is 41.9 Å². The molecule has 37 heavy (non-hydrogen) atoms. The lowest BCUT2D eigenvalue weighted by molar-refractivity contribution is -0.138. The maximum absolute atomic E-state index is 13.8. The quantitative estimate of drug-likeness (QED) is 0.326. The van der Waals surface area contributed by atoms with Gasteiger partial charge in [0.25, 0.3) is 5.91 Å². The Morgan fingerprint density at radius 3 is 2.62 bits per heavy atom. The number of nitrogens with zero attached hydrogens (tertiary/aromatic N) is 1. The normalized spacial score (nSPS) is 19.3. The van der Waals surface area contributed by atoms with Crippen LogP contribution in [0.4, 0.5) is 8.78 Å². The number of nitrogens with one attached hydrogen (secondary N) is 3. The van der Waals surface area contributed by atoms with E-state index >= 15 is 0 Å². The van der Waals surface area contributed by atoms with Crippen LogP contribution in [0.25, 0.3) is 0 Å². The van der Waals surface area contributed by atoms with Gasteiger partial charge in [-0.05, 0) is 24.8 Å². The Bertz CT molecular complexity index is 1030. The summed E-state index contributed by atoms with van der Waals surface area (Å²) >= 11 is 1.35. The minimum Gasteiger partial charge on any atom is -0.382 e. The summed E-state index contributed by atoms with van der Waals surface area (Å²) < 4.78 is 32.7. The minimum absolute atomic E-state index is 0.119. The molecule has 1 aliphatic carbocycles. The van der Waals surface area contributed by atoms with Crippen molar-refractivity contribution in [3.05, 3.63) is 52.5 Å². The first-order valence-electron chi connectivity index (χ1n) is 12.0. The first-order chi connectivity index (χ1) is 17.7. The number of rotatable bonds is 12. The Kier molecular flexibility index (Phi) is 10.5. The van der Waals surface area contributed by atoms with Crippen LogP contribution >= 0.6 is 11.3 Å². The van der Waals surface area contributed by atoms with E-state index in [9.17, 15) is 28.3 Å². The van der Waals surface area contributed by atoms with Crippen molar-refractivity contribution < 1.29 is 33.0 Å². The van der Waals surface area contributed by atoms with Crippen LogP contribution in [0.3, 0.4) is 0 Å². The minimum atomic E-state index is -2.92. The molecule has 1 saturated carbocycles. The van der Waals surface area contributed by atoms with E-state index in [1.165, 1.54) is 18.4 Å². The SMILES string of the molecule is COC[C@@H](NC(=O)C1CCCC(F)(F)C1)C(=O)N[C@H](Cc1ccccc1)[C@H](O)C(=O)NCc1nccs1. The van der Waals surface area contributed by atoms with Gasteiger partial charge in [-0.3, -0.25) is 14.4 Å². The molecule has 1 heterocycles. The van der Waals surface area contributed by atoms with Crippen molar-refractivity contribution in [3.8, 4) is 0 Å². The third kappa shape index (κ3) is 8.83. The molecule has 0 spiro atoms. The van der Waals surface area contributed by atoms with Gasteiger partial charge in [0.2, 0.25) is 17.7 Å². The van der Waals surface area contributed by atoms with Crippen LogP contribution in [0.5, 0.6) is 0 Å². The predicted octanol–water partition coefficient (Wildman–Crippen LogP) is 1.80. The molecule has 1 aromatic carbocycles. The Balaban J connectivity index is 1.69. The van der Waals surface area contributed by atoms with Gasteiger partial charge in [0.1, 0.15) is 11.0 Å². The van der Waals surface area contributed by atoms with Crippen molar-refractivity contribution in [1.82, 2.24) is 20.9 Å². The van der Waals surface area contributed by atoms with E-state index in [-0.39, 0.29) is 32.4 Å². The number of carbonyl (C=O) groups excluding carboxylic acids is 3. The van der Waals surface area contributed by atoms with E-state index in [2.05, 4.69) is 20.9 Å². The van der Waals surface area contributed by atoms with Crippen LogP contribution in [-0.4, -0.2) is 65.6 Å². The second-order valence-corrected chi connectivity index (χ2v) is 10.0. The number of thiazole rings is 1. The standard InChI is InChI=1S/C25H32F2N4O5S/c1-36-15-19(31-22(33)17-8-5-9-25(26,27)13-17)23(34)30-18(12-16-6-3-2-4-7-16)21(32)24(35)29-14-20-28-10-11-37-20/h2-4,6-7,10-11,17-19,21,32H,5,8-9,12-15H2,1H3,(H,29,35)(H,30,34)(H,31,33)/t17?,18-,19-,21+/m1/s1. The van der Waals surface area contributed by atoms with Crippen molar-refractivity contribution in [2.75, 3.05) is 13.7 Å². The van der Waals surface area contributed by atoms with Crippen LogP contribution < -0.4 is 16.0 Å². The fourth-order valence-electron chi connectivity index (χ4n) is 4.22. The first-order valence-corrected chi connectivity index (χ1v) is 12.9. The fourth-order valence-corrected chi connectivity index (χ4v) is 4.77. The molecule has 202 valence electrons. The van der Waals surface area contributed by atoms with E-state index < -0.39 is 54.2 Å². The Morgan fingerprint density at radius 2 is 1.97 bits per heavy atom. The highest BCUT2D eigenvalue weighted by molar-refractivity contribution is 7.09.